The SMILES string of the molecule is CCCCCCOc1ccc2c(c1)ncn2-c1ccc(NC=O)cc1. The minimum Gasteiger partial charge on any atom is -0.494 e. The fraction of sp³-hybridized carbons (Fsp3) is 0.300. The number of carbonyl (C=O) groups is 1. The number of hydrogen-bond donors (Lipinski definition) is 1. The summed E-state index contributed by atoms with van der Waals surface area (Å²) < 4.78 is 7.85. The molecule has 0 saturated carbocycles. The Bertz CT molecular complexity index is 825. The molecule has 0 fully saturated rings. The number of aromatic nitrogens is 2. The minimum atomic E-state index is 0.672. The van der Waals surface area contributed by atoms with E-state index in [0.29, 0.717) is 6.41 Å². The molecule has 1 aromatic heterocycles. The maximum absolute atomic E-state index is 10.5. The van der Waals surface area contributed by atoms with Crippen molar-refractivity contribution in [1.29, 1.82) is 0 Å². The number of carbonyl (C=O) groups excluding carboxylic acids is 1. The third-order valence-electron chi connectivity index (χ3n) is 4.16. The Morgan fingerprint density at radius 1 is 1.12 bits per heavy atom. The second-order valence-electron chi connectivity index (χ2n) is 5.98. The number of anilines is 1. The predicted molar refractivity (Wildman–Crippen MR) is 100 cm³/mol. The van der Waals surface area contributed by atoms with E-state index in [1.165, 1.54) is 19.3 Å². The van der Waals surface area contributed by atoms with E-state index >= 15 is 0 Å². The molecule has 0 radical (unpaired) electrons. The van der Waals surface area contributed by atoms with Crippen LogP contribution in [0.4, 0.5) is 5.69 Å². The van der Waals surface area contributed by atoms with Gasteiger partial charge in [0.1, 0.15) is 12.1 Å². The van der Waals surface area contributed by atoms with Gasteiger partial charge < -0.3 is 10.1 Å². The first-order valence-corrected chi connectivity index (χ1v) is 8.72. The van der Waals surface area contributed by atoms with E-state index in [9.17, 15) is 4.79 Å². The van der Waals surface area contributed by atoms with Gasteiger partial charge in [0, 0.05) is 17.4 Å². The number of unbranched alkanes of at least 4 members (excludes halogenated alkanes) is 3. The van der Waals surface area contributed by atoms with Gasteiger partial charge in [-0.3, -0.25) is 9.36 Å². The first-order chi connectivity index (χ1) is 12.3. The van der Waals surface area contributed by atoms with Crippen LogP contribution in [0.1, 0.15) is 32.6 Å². The Morgan fingerprint density at radius 2 is 1.96 bits per heavy atom. The number of nitrogens with zero attached hydrogens (tertiary/aromatic N) is 2. The standard InChI is InChI=1S/C20H23N3O2/c1-2-3-4-5-12-25-18-10-11-20-19(13-18)21-14-23(20)17-8-6-16(7-9-17)22-15-24/h6-11,13-15H,2-5,12H2,1H3,(H,22,24). The van der Waals surface area contributed by atoms with Crippen LogP contribution in [-0.4, -0.2) is 22.6 Å². The fourth-order valence-electron chi connectivity index (χ4n) is 2.79. The summed E-state index contributed by atoms with van der Waals surface area (Å²) in [6.07, 6.45) is 7.26. The maximum Gasteiger partial charge on any atom is 0.211 e. The molecule has 0 aliphatic rings. The summed E-state index contributed by atoms with van der Waals surface area (Å²) in [5, 5.41) is 2.63. The van der Waals surface area contributed by atoms with Crippen molar-refractivity contribution < 1.29 is 9.53 Å². The van der Waals surface area contributed by atoms with Gasteiger partial charge in [-0.1, -0.05) is 26.2 Å². The lowest BCUT2D eigenvalue weighted by Gasteiger charge is -2.08. The molecule has 2 aromatic carbocycles. The Hall–Kier alpha value is -2.82. The van der Waals surface area contributed by atoms with Crippen molar-refractivity contribution in [3.63, 3.8) is 0 Å². The lowest BCUT2D eigenvalue weighted by Crippen LogP contribution is -1.97. The Labute approximate surface area is 147 Å². The van der Waals surface area contributed by atoms with E-state index in [0.717, 1.165) is 41.2 Å². The zero-order valence-electron chi connectivity index (χ0n) is 14.4. The minimum absolute atomic E-state index is 0.672. The van der Waals surface area contributed by atoms with E-state index in [1.807, 2.05) is 47.0 Å². The van der Waals surface area contributed by atoms with E-state index in [-0.39, 0.29) is 0 Å². The molecule has 0 unspecified atom stereocenters. The van der Waals surface area contributed by atoms with Crippen LogP contribution in [0.3, 0.4) is 0 Å². The molecular formula is C20H23N3O2. The van der Waals surface area contributed by atoms with Gasteiger partial charge in [-0.15, -0.1) is 0 Å². The number of hydrogen-bond acceptors (Lipinski definition) is 3. The average Bonchev–Trinajstić information content (AvgIpc) is 3.06. The van der Waals surface area contributed by atoms with Crippen molar-refractivity contribution in [3.05, 3.63) is 48.8 Å². The predicted octanol–water partition coefficient (Wildman–Crippen LogP) is 4.55. The number of rotatable bonds is 9. The van der Waals surface area contributed by atoms with Gasteiger partial charge in [-0.05, 0) is 42.8 Å². The number of nitrogens with one attached hydrogen (secondary N) is 1. The van der Waals surface area contributed by atoms with Crippen molar-refractivity contribution >= 4 is 23.1 Å². The van der Waals surface area contributed by atoms with Crippen LogP contribution < -0.4 is 10.1 Å². The first-order valence-electron chi connectivity index (χ1n) is 8.72. The van der Waals surface area contributed by atoms with Gasteiger partial charge in [0.05, 0.1) is 17.6 Å². The summed E-state index contributed by atoms with van der Waals surface area (Å²) in [6.45, 7) is 2.95. The van der Waals surface area contributed by atoms with Gasteiger partial charge in [0.2, 0.25) is 6.41 Å². The summed E-state index contributed by atoms with van der Waals surface area (Å²) in [7, 11) is 0. The van der Waals surface area contributed by atoms with Crippen LogP contribution in [0.15, 0.2) is 48.8 Å². The molecule has 0 atom stereocenters. The second kappa shape index (κ2) is 8.33. The van der Waals surface area contributed by atoms with Crippen molar-refractivity contribution in [2.24, 2.45) is 0 Å². The van der Waals surface area contributed by atoms with Gasteiger partial charge >= 0.3 is 0 Å². The Balaban J connectivity index is 1.72. The number of fused-ring (bicyclic) bond motifs is 1. The maximum atomic E-state index is 10.5. The molecule has 1 amide bonds. The molecule has 1 heterocycles. The third kappa shape index (κ3) is 4.18. The van der Waals surface area contributed by atoms with Crippen LogP contribution >= 0.6 is 0 Å². The van der Waals surface area contributed by atoms with Gasteiger partial charge in [0.15, 0.2) is 0 Å². The van der Waals surface area contributed by atoms with Crippen molar-refractivity contribution in [3.8, 4) is 11.4 Å². The summed E-state index contributed by atoms with van der Waals surface area (Å²) in [6, 6.07) is 13.6. The summed E-state index contributed by atoms with van der Waals surface area (Å²) >= 11 is 0. The molecular weight excluding hydrogens is 314 g/mol. The largest absolute Gasteiger partial charge is 0.494 e. The molecule has 0 saturated heterocycles. The Kier molecular flexibility index (Phi) is 5.67. The van der Waals surface area contributed by atoms with Gasteiger partial charge in [-0.2, -0.15) is 0 Å². The molecule has 3 aromatic rings. The van der Waals surface area contributed by atoms with E-state index in [2.05, 4.69) is 17.2 Å². The summed E-state index contributed by atoms with van der Waals surface area (Å²) in [5.41, 5.74) is 3.68. The molecule has 25 heavy (non-hydrogen) atoms. The number of imidazole rings is 1. The smallest absolute Gasteiger partial charge is 0.211 e. The monoisotopic (exact) mass is 337 g/mol. The van der Waals surface area contributed by atoms with Gasteiger partial charge in [-0.25, -0.2) is 4.98 Å². The van der Waals surface area contributed by atoms with E-state index in [1.54, 1.807) is 6.33 Å². The molecule has 5 nitrogen and oxygen atoms in total. The zero-order chi connectivity index (χ0) is 17.5. The number of amides is 1. The van der Waals surface area contributed by atoms with E-state index in [4.69, 9.17) is 4.74 Å². The average molecular weight is 337 g/mol. The molecule has 3 rings (SSSR count). The topological polar surface area (TPSA) is 56.1 Å². The van der Waals surface area contributed by atoms with Crippen LogP contribution in [0.25, 0.3) is 16.7 Å². The molecule has 0 bridgehead atoms. The molecule has 130 valence electrons. The van der Waals surface area contributed by atoms with E-state index < -0.39 is 0 Å². The normalized spacial score (nSPS) is 10.8. The Morgan fingerprint density at radius 3 is 2.72 bits per heavy atom. The van der Waals surface area contributed by atoms with Crippen LogP contribution in [0.2, 0.25) is 0 Å². The van der Waals surface area contributed by atoms with Crippen molar-refractivity contribution in [2.45, 2.75) is 32.6 Å². The van der Waals surface area contributed by atoms with Crippen LogP contribution in [0, 0.1) is 0 Å². The highest BCUT2D eigenvalue weighted by Crippen LogP contribution is 2.23. The third-order valence-corrected chi connectivity index (χ3v) is 4.16. The highest BCUT2D eigenvalue weighted by molar-refractivity contribution is 5.79. The number of benzene rings is 2. The van der Waals surface area contributed by atoms with Crippen LogP contribution in [0.5, 0.6) is 5.75 Å². The molecule has 1 N–H and O–H groups in total. The van der Waals surface area contributed by atoms with Crippen LogP contribution in [-0.2, 0) is 4.79 Å². The molecule has 5 heteroatoms. The number of ether oxygens (including phenoxy) is 1. The fourth-order valence-corrected chi connectivity index (χ4v) is 2.79. The summed E-state index contributed by atoms with van der Waals surface area (Å²) in [5.74, 6) is 0.861. The summed E-state index contributed by atoms with van der Waals surface area (Å²) in [4.78, 5) is 15.0. The zero-order valence-corrected chi connectivity index (χ0v) is 14.4. The molecule has 0 aliphatic carbocycles. The van der Waals surface area contributed by atoms with Gasteiger partial charge in [0.25, 0.3) is 0 Å². The molecule has 0 spiro atoms. The lowest BCUT2D eigenvalue weighted by atomic mass is 10.2. The first kappa shape index (κ1) is 17.0. The second-order valence-corrected chi connectivity index (χ2v) is 5.98. The van der Waals surface area contributed by atoms with Crippen molar-refractivity contribution in [1.82, 2.24) is 9.55 Å². The highest BCUT2D eigenvalue weighted by atomic mass is 16.5. The lowest BCUT2D eigenvalue weighted by molar-refractivity contribution is -0.105. The highest BCUT2D eigenvalue weighted by Gasteiger charge is 2.06. The van der Waals surface area contributed by atoms with Crippen molar-refractivity contribution in [2.75, 3.05) is 11.9 Å². The quantitative estimate of drug-likeness (QED) is 0.460. The molecule has 0 aliphatic heterocycles.